The molecule has 0 unspecified atom stereocenters. The van der Waals surface area contributed by atoms with Crippen molar-refractivity contribution in [3.8, 4) is 6.07 Å². The number of halogens is 1. The summed E-state index contributed by atoms with van der Waals surface area (Å²) in [6.45, 7) is -0.115. The third kappa shape index (κ3) is 2.18. The van der Waals surface area contributed by atoms with Gasteiger partial charge in [-0.05, 0) is 0 Å². The van der Waals surface area contributed by atoms with Gasteiger partial charge in [0.15, 0.2) is 0 Å². The third-order valence-electron chi connectivity index (χ3n) is 0.300. The first-order chi connectivity index (χ1) is 2.81. The van der Waals surface area contributed by atoms with Crippen LogP contribution in [0.15, 0.2) is 0 Å². The molecule has 0 saturated heterocycles. The highest BCUT2D eigenvalue weighted by molar-refractivity contribution is 9.09. The van der Waals surface area contributed by atoms with E-state index >= 15 is 0 Å². The molecule has 1 atom stereocenters. The van der Waals surface area contributed by atoms with Crippen LogP contribution in [0.2, 0.25) is 0 Å². The van der Waals surface area contributed by atoms with Gasteiger partial charge < -0.3 is 5.11 Å². The van der Waals surface area contributed by atoms with Crippen LogP contribution in [0, 0.1) is 11.3 Å². The van der Waals surface area contributed by atoms with Crippen LogP contribution in [0.5, 0.6) is 0 Å². The Hall–Kier alpha value is -0.0700. The summed E-state index contributed by atoms with van der Waals surface area (Å²) in [6.07, 6.45) is 0. The van der Waals surface area contributed by atoms with Crippen LogP contribution >= 0.6 is 15.9 Å². The van der Waals surface area contributed by atoms with Crippen molar-refractivity contribution >= 4 is 15.9 Å². The first kappa shape index (κ1) is 5.93. The number of hydrogen-bond donors (Lipinski definition) is 1. The molecule has 0 aromatic rings. The molecular weight excluding hydrogens is 146 g/mol. The summed E-state index contributed by atoms with van der Waals surface area (Å²) in [4.78, 5) is -0.391. The molecule has 0 spiro atoms. The van der Waals surface area contributed by atoms with E-state index in [-0.39, 0.29) is 6.61 Å². The largest absolute Gasteiger partial charge is 0.394 e. The number of aliphatic hydroxyl groups excluding tert-OH is 1. The lowest BCUT2D eigenvalue weighted by atomic mass is 10.5. The van der Waals surface area contributed by atoms with Crippen molar-refractivity contribution in [2.75, 3.05) is 6.61 Å². The van der Waals surface area contributed by atoms with Gasteiger partial charge in [0.25, 0.3) is 0 Å². The van der Waals surface area contributed by atoms with Gasteiger partial charge in [-0.15, -0.1) is 0 Å². The van der Waals surface area contributed by atoms with E-state index in [9.17, 15) is 0 Å². The molecule has 0 radical (unpaired) electrons. The smallest absolute Gasteiger partial charge is 0.124 e. The highest BCUT2D eigenvalue weighted by Gasteiger charge is 1.92. The number of nitriles is 1. The van der Waals surface area contributed by atoms with Crippen LogP contribution in [0.25, 0.3) is 0 Å². The van der Waals surface area contributed by atoms with Crippen molar-refractivity contribution in [2.45, 2.75) is 4.83 Å². The lowest BCUT2D eigenvalue weighted by Crippen LogP contribution is -1.97. The summed E-state index contributed by atoms with van der Waals surface area (Å²) in [7, 11) is 0. The third-order valence-corrected chi connectivity index (χ3v) is 0.795. The number of hydrogen-bond acceptors (Lipinski definition) is 2. The maximum atomic E-state index is 8.07. The van der Waals surface area contributed by atoms with E-state index in [4.69, 9.17) is 10.4 Å². The summed E-state index contributed by atoms with van der Waals surface area (Å²) in [5.74, 6) is 0. The van der Waals surface area contributed by atoms with E-state index in [0.29, 0.717) is 0 Å². The average molecular weight is 150 g/mol. The molecule has 0 heterocycles. The minimum atomic E-state index is -0.391. The first-order valence-electron chi connectivity index (χ1n) is 1.45. The van der Waals surface area contributed by atoms with Gasteiger partial charge >= 0.3 is 0 Å². The van der Waals surface area contributed by atoms with Gasteiger partial charge in [-0.2, -0.15) is 5.26 Å². The maximum absolute atomic E-state index is 8.07. The molecule has 0 aliphatic rings. The van der Waals surface area contributed by atoms with E-state index in [1.807, 2.05) is 0 Å². The van der Waals surface area contributed by atoms with Gasteiger partial charge in [-0.25, -0.2) is 0 Å². The normalized spacial score (nSPS) is 12.8. The molecule has 3 heteroatoms. The molecule has 0 aliphatic carbocycles. The van der Waals surface area contributed by atoms with Crippen LogP contribution in [0.4, 0.5) is 0 Å². The summed E-state index contributed by atoms with van der Waals surface area (Å²) >= 11 is 2.86. The Morgan fingerprint density at radius 2 is 2.50 bits per heavy atom. The topological polar surface area (TPSA) is 44.0 Å². The van der Waals surface area contributed by atoms with Gasteiger partial charge in [0, 0.05) is 0 Å². The number of nitrogens with zero attached hydrogens (tertiary/aromatic N) is 1. The Morgan fingerprint density at radius 3 is 2.50 bits per heavy atom. The molecule has 2 nitrogen and oxygen atoms in total. The van der Waals surface area contributed by atoms with Gasteiger partial charge in [-0.3, -0.25) is 0 Å². The monoisotopic (exact) mass is 149 g/mol. The second kappa shape index (κ2) is 3.13. The van der Waals surface area contributed by atoms with Crippen molar-refractivity contribution in [3.63, 3.8) is 0 Å². The highest BCUT2D eigenvalue weighted by Crippen LogP contribution is 1.91. The lowest BCUT2D eigenvalue weighted by molar-refractivity contribution is 0.310. The van der Waals surface area contributed by atoms with E-state index in [1.165, 1.54) is 0 Å². The number of aliphatic hydroxyl groups is 1. The van der Waals surface area contributed by atoms with Crippen molar-refractivity contribution in [2.24, 2.45) is 0 Å². The zero-order valence-corrected chi connectivity index (χ0v) is 4.64. The fourth-order valence-electron chi connectivity index (χ4n) is 0.0408. The number of rotatable bonds is 1. The molecule has 0 amide bonds. The van der Waals surface area contributed by atoms with E-state index in [0.717, 1.165) is 0 Å². The summed E-state index contributed by atoms with van der Waals surface area (Å²) in [6, 6.07) is 1.78. The molecular formula is C3H4BrNO. The summed E-state index contributed by atoms with van der Waals surface area (Å²) in [5, 5.41) is 15.9. The summed E-state index contributed by atoms with van der Waals surface area (Å²) in [5.41, 5.74) is 0. The molecule has 0 rings (SSSR count). The fourth-order valence-corrected chi connectivity index (χ4v) is 0.0408. The summed E-state index contributed by atoms with van der Waals surface area (Å²) < 4.78 is 0. The van der Waals surface area contributed by atoms with Crippen LogP contribution in [-0.2, 0) is 0 Å². The molecule has 0 aromatic heterocycles. The minimum Gasteiger partial charge on any atom is -0.394 e. The van der Waals surface area contributed by atoms with Crippen LogP contribution in [0.1, 0.15) is 0 Å². The predicted molar refractivity (Wildman–Crippen MR) is 25.4 cm³/mol. The van der Waals surface area contributed by atoms with Gasteiger partial charge in [0.05, 0.1) is 12.7 Å². The van der Waals surface area contributed by atoms with Crippen LogP contribution in [0.3, 0.4) is 0 Å². The molecule has 34 valence electrons. The standard InChI is InChI=1S/C3H4BrNO/c4-3(1-5)2-6/h3,6H,2H2/t3-/m0/s1. The quantitative estimate of drug-likeness (QED) is 0.545. The maximum Gasteiger partial charge on any atom is 0.124 e. The van der Waals surface area contributed by atoms with E-state index in [2.05, 4.69) is 15.9 Å². The van der Waals surface area contributed by atoms with Crippen molar-refractivity contribution in [1.29, 1.82) is 5.26 Å². The first-order valence-corrected chi connectivity index (χ1v) is 2.37. The van der Waals surface area contributed by atoms with Crippen molar-refractivity contribution in [3.05, 3.63) is 0 Å². The SMILES string of the molecule is N#C[C@H](Br)CO. The van der Waals surface area contributed by atoms with Crippen LogP contribution < -0.4 is 0 Å². The van der Waals surface area contributed by atoms with Gasteiger partial charge in [-0.1, -0.05) is 15.9 Å². The van der Waals surface area contributed by atoms with Crippen molar-refractivity contribution < 1.29 is 5.11 Å². The zero-order chi connectivity index (χ0) is 4.99. The molecule has 0 saturated carbocycles. The molecule has 0 aliphatic heterocycles. The number of alkyl halides is 1. The molecule has 6 heavy (non-hydrogen) atoms. The molecule has 0 fully saturated rings. The molecule has 0 aromatic carbocycles. The average Bonchev–Trinajstić information content (AvgIpc) is 1.65. The fraction of sp³-hybridized carbons (Fsp3) is 0.667. The Labute approximate surface area is 44.5 Å². The highest BCUT2D eigenvalue weighted by atomic mass is 79.9. The molecule has 0 bridgehead atoms. The van der Waals surface area contributed by atoms with Crippen molar-refractivity contribution in [1.82, 2.24) is 0 Å². The van der Waals surface area contributed by atoms with E-state index < -0.39 is 4.83 Å². The Morgan fingerprint density at radius 1 is 2.00 bits per heavy atom. The van der Waals surface area contributed by atoms with Crippen LogP contribution in [-0.4, -0.2) is 16.5 Å². The Bertz CT molecular complexity index is 67.7. The second-order valence-corrected chi connectivity index (χ2v) is 1.88. The van der Waals surface area contributed by atoms with Gasteiger partial charge in [0.2, 0.25) is 0 Å². The van der Waals surface area contributed by atoms with E-state index in [1.54, 1.807) is 6.07 Å². The Kier molecular flexibility index (Phi) is 3.10. The predicted octanol–water partition coefficient (Wildman–Crippen LogP) is 0.266. The zero-order valence-electron chi connectivity index (χ0n) is 3.06. The Balaban J connectivity index is 3.04. The minimum absolute atomic E-state index is 0.115. The second-order valence-electron chi connectivity index (χ2n) is 0.779. The molecule has 1 N–H and O–H groups in total. The van der Waals surface area contributed by atoms with Gasteiger partial charge in [0.1, 0.15) is 4.83 Å². The lowest BCUT2D eigenvalue weighted by Gasteiger charge is -1.84.